The molecule has 2 rings (SSSR count). The quantitative estimate of drug-likeness (QED) is 0.832. The number of nitrogens with zero attached hydrogens (tertiary/aromatic N) is 1. The molecule has 0 spiro atoms. The Balaban J connectivity index is 2.19. The molecule has 2 N–H and O–H groups in total. The van der Waals surface area contributed by atoms with E-state index in [0.717, 1.165) is 12.8 Å². The maximum Gasteiger partial charge on any atom is 0.340 e. The minimum Gasteiger partial charge on any atom is -0.465 e. The number of carbonyl (C=O) groups excluding carboxylic acids is 1. The van der Waals surface area contributed by atoms with E-state index in [4.69, 9.17) is 0 Å². The summed E-state index contributed by atoms with van der Waals surface area (Å²) in [5.41, 5.74) is 0.240. The summed E-state index contributed by atoms with van der Waals surface area (Å²) in [6, 6.07) is 4.14. The fraction of sp³-hybridized carbons (Fsp3) is 0.167. The fourth-order valence-electron chi connectivity index (χ4n) is 1.53. The van der Waals surface area contributed by atoms with Gasteiger partial charge in [0.15, 0.2) is 11.6 Å². The van der Waals surface area contributed by atoms with E-state index in [0.29, 0.717) is 0 Å². The first-order valence-corrected chi connectivity index (χ1v) is 5.42. The lowest BCUT2D eigenvalue weighted by atomic mass is 10.2. The van der Waals surface area contributed by atoms with Gasteiger partial charge in [-0.1, -0.05) is 0 Å². The molecule has 100 valence electrons. The summed E-state index contributed by atoms with van der Waals surface area (Å²) in [5.74, 6) is -3.28. The number of hydrogen-bond donors (Lipinski definition) is 2. The summed E-state index contributed by atoms with van der Waals surface area (Å²) in [6.45, 7) is 0.258. The second-order valence-corrected chi connectivity index (χ2v) is 3.72. The first kappa shape index (κ1) is 13.0. The van der Waals surface area contributed by atoms with Crippen LogP contribution in [0.1, 0.15) is 16.1 Å². The maximum atomic E-state index is 13.7. The van der Waals surface area contributed by atoms with Crippen LogP contribution in [0, 0.1) is 11.6 Å². The summed E-state index contributed by atoms with van der Waals surface area (Å²) >= 11 is 0. The fourth-order valence-corrected chi connectivity index (χ4v) is 1.53. The molecule has 7 heteroatoms. The van der Waals surface area contributed by atoms with E-state index in [1.165, 1.54) is 12.1 Å². The summed E-state index contributed by atoms with van der Waals surface area (Å²) in [6.07, 6.45) is 1.55. The molecule has 5 nitrogen and oxygen atoms in total. The third-order valence-electron chi connectivity index (χ3n) is 2.52. The van der Waals surface area contributed by atoms with Gasteiger partial charge in [-0.3, -0.25) is 5.10 Å². The average molecular weight is 267 g/mol. The Hall–Kier alpha value is -2.44. The summed E-state index contributed by atoms with van der Waals surface area (Å²) < 4.78 is 31.7. The van der Waals surface area contributed by atoms with Crippen LogP contribution in [0.4, 0.5) is 14.5 Å². The zero-order chi connectivity index (χ0) is 13.8. The molecule has 0 unspecified atom stereocenters. The number of nitrogens with one attached hydrogen (secondary N) is 2. The molecule has 0 radical (unpaired) electrons. The SMILES string of the molecule is COC(=O)c1ccc(NCc2ccn[nH]2)c(F)c1F. The summed E-state index contributed by atoms with van der Waals surface area (Å²) in [4.78, 5) is 11.2. The van der Waals surface area contributed by atoms with Gasteiger partial charge in [0, 0.05) is 6.20 Å². The Kier molecular flexibility index (Phi) is 3.74. The third kappa shape index (κ3) is 2.70. The van der Waals surface area contributed by atoms with Gasteiger partial charge in [0.1, 0.15) is 0 Å². The average Bonchev–Trinajstić information content (AvgIpc) is 2.93. The molecular formula is C12H11F2N3O2. The molecule has 0 saturated carbocycles. The van der Waals surface area contributed by atoms with Crippen molar-refractivity contribution in [2.75, 3.05) is 12.4 Å². The molecule has 1 aromatic heterocycles. The van der Waals surface area contributed by atoms with Crippen LogP contribution in [-0.4, -0.2) is 23.3 Å². The molecule has 19 heavy (non-hydrogen) atoms. The summed E-state index contributed by atoms with van der Waals surface area (Å²) in [5, 5.41) is 9.11. The Morgan fingerprint density at radius 2 is 2.16 bits per heavy atom. The first-order chi connectivity index (χ1) is 9.13. The minimum atomic E-state index is -1.23. The van der Waals surface area contributed by atoms with Crippen molar-refractivity contribution in [3.8, 4) is 0 Å². The molecule has 0 fully saturated rings. The lowest BCUT2D eigenvalue weighted by Gasteiger charge is -2.09. The molecule has 0 aliphatic rings. The number of aromatic amines is 1. The molecule has 0 bridgehead atoms. The molecule has 0 aliphatic heterocycles. The van der Waals surface area contributed by atoms with Gasteiger partial charge < -0.3 is 10.1 Å². The van der Waals surface area contributed by atoms with Crippen molar-refractivity contribution < 1.29 is 18.3 Å². The molecule has 1 heterocycles. The predicted molar refractivity (Wildman–Crippen MR) is 63.6 cm³/mol. The van der Waals surface area contributed by atoms with E-state index in [2.05, 4.69) is 20.3 Å². The van der Waals surface area contributed by atoms with Gasteiger partial charge in [-0.2, -0.15) is 5.10 Å². The Morgan fingerprint density at radius 3 is 2.79 bits per heavy atom. The smallest absolute Gasteiger partial charge is 0.340 e. The number of esters is 1. The highest BCUT2D eigenvalue weighted by molar-refractivity contribution is 5.90. The van der Waals surface area contributed by atoms with Crippen molar-refractivity contribution in [2.24, 2.45) is 0 Å². The van der Waals surface area contributed by atoms with Crippen LogP contribution in [0.15, 0.2) is 24.4 Å². The molecule has 1 aromatic carbocycles. The molecule has 0 aliphatic carbocycles. The van der Waals surface area contributed by atoms with Crippen molar-refractivity contribution in [1.29, 1.82) is 0 Å². The number of anilines is 1. The van der Waals surface area contributed by atoms with Crippen molar-refractivity contribution in [3.05, 3.63) is 47.3 Å². The van der Waals surface area contributed by atoms with Crippen LogP contribution in [0.5, 0.6) is 0 Å². The van der Waals surface area contributed by atoms with Crippen LogP contribution < -0.4 is 5.32 Å². The van der Waals surface area contributed by atoms with Crippen molar-refractivity contribution >= 4 is 11.7 Å². The Bertz CT molecular complexity index is 585. The monoisotopic (exact) mass is 267 g/mol. The highest BCUT2D eigenvalue weighted by Gasteiger charge is 2.18. The van der Waals surface area contributed by atoms with E-state index >= 15 is 0 Å². The lowest BCUT2D eigenvalue weighted by molar-refractivity contribution is 0.0594. The zero-order valence-electron chi connectivity index (χ0n) is 10.0. The van der Waals surface area contributed by atoms with Crippen LogP contribution >= 0.6 is 0 Å². The maximum absolute atomic E-state index is 13.7. The van der Waals surface area contributed by atoms with Crippen molar-refractivity contribution in [1.82, 2.24) is 10.2 Å². The first-order valence-electron chi connectivity index (χ1n) is 5.42. The minimum absolute atomic E-state index is 0.0419. The number of benzene rings is 1. The third-order valence-corrected chi connectivity index (χ3v) is 2.52. The number of halogens is 2. The van der Waals surface area contributed by atoms with E-state index in [1.807, 2.05) is 0 Å². The topological polar surface area (TPSA) is 67.0 Å². The van der Waals surface area contributed by atoms with E-state index in [-0.39, 0.29) is 12.2 Å². The van der Waals surface area contributed by atoms with Gasteiger partial charge in [-0.05, 0) is 18.2 Å². The van der Waals surface area contributed by atoms with Crippen LogP contribution in [0.25, 0.3) is 0 Å². The zero-order valence-corrected chi connectivity index (χ0v) is 10.0. The number of hydrogen-bond acceptors (Lipinski definition) is 4. The lowest BCUT2D eigenvalue weighted by Crippen LogP contribution is -2.09. The number of methoxy groups -OCH3 is 1. The van der Waals surface area contributed by atoms with Gasteiger partial charge in [-0.15, -0.1) is 0 Å². The van der Waals surface area contributed by atoms with Crippen LogP contribution in [0.2, 0.25) is 0 Å². The van der Waals surface area contributed by atoms with Gasteiger partial charge in [0.2, 0.25) is 0 Å². The van der Waals surface area contributed by atoms with Crippen molar-refractivity contribution in [2.45, 2.75) is 6.54 Å². The largest absolute Gasteiger partial charge is 0.465 e. The normalized spacial score (nSPS) is 10.3. The number of rotatable bonds is 4. The molecule has 2 aromatic rings. The van der Waals surface area contributed by atoms with Crippen LogP contribution in [0.3, 0.4) is 0 Å². The highest BCUT2D eigenvalue weighted by atomic mass is 19.2. The number of aromatic nitrogens is 2. The Morgan fingerprint density at radius 1 is 1.37 bits per heavy atom. The van der Waals surface area contributed by atoms with Gasteiger partial charge in [0.25, 0.3) is 0 Å². The Labute approximate surface area is 107 Å². The standard InChI is InChI=1S/C12H11F2N3O2/c1-19-12(18)8-2-3-9(11(14)10(8)13)15-6-7-4-5-16-17-7/h2-5,15H,6H2,1H3,(H,16,17). The molecule has 0 amide bonds. The molecular weight excluding hydrogens is 256 g/mol. The van der Waals surface area contributed by atoms with E-state index in [9.17, 15) is 13.6 Å². The van der Waals surface area contributed by atoms with Gasteiger partial charge >= 0.3 is 5.97 Å². The number of carbonyl (C=O) groups is 1. The molecule has 0 saturated heterocycles. The summed E-state index contributed by atoms with van der Waals surface area (Å²) in [7, 11) is 1.10. The van der Waals surface area contributed by atoms with E-state index in [1.54, 1.807) is 12.3 Å². The predicted octanol–water partition coefficient (Wildman–Crippen LogP) is 2.09. The van der Waals surface area contributed by atoms with Crippen molar-refractivity contribution in [3.63, 3.8) is 0 Å². The second-order valence-electron chi connectivity index (χ2n) is 3.72. The van der Waals surface area contributed by atoms with E-state index < -0.39 is 23.2 Å². The number of ether oxygens (including phenoxy) is 1. The highest BCUT2D eigenvalue weighted by Crippen LogP contribution is 2.21. The van der Waals surface area contributed by atoms with Gasteiger partial charge in [0.05, 0.1) is 30.6 Å². The number of H-pyrrole nitrogens is 1. The van der Waals surface area contributed by atoms with Gasteiger partial charge in [-0.25, -0.2) is 13.6 Å². The van der Waals surface area contributed by atoms with Crippen LogP contribution in [-0.2, 0) is 11.3 Å². The molecule has 0 atom stereocenters. The second kappa shape index (κ2) is 5.47.